The molecule has 17 heavy (non-hydrogen) atoms. The molecule has 0 unspecified atom stereocenters. The minimum atomic E-state index is 0.149. The van der Waals surface area contributed by atoms with Gasteiger partial charge in [0.1, 0.15) is 5.84 Å². The summed E-state index contributed by atoms with van der Waals surface area (Å²) in [6, 6.07) is 0. The summed E-state index contributed by atoms with van der Waals surface area (Å²) < 4.78 is 0. The molecule has 0 aliphatic carbocycles. The second-order valence-electron chi connectivity index (χ2n) is 4.27. The van der Waals surface area contributed by atoms with Crippen molar-refractivity contribution in [2.75, 3.05) is 13.1 Å². The number of nitrogens with zero attached hydrogens (tertiary/aromatic N) is 1. The Morgan fingerprint density at radius 3 is 2.88 bits per heavy atom. The van der Waals surface area contributed by atoms with Crippen LogP contribution in [-0.4, -0.2) is 29.6 Å². The van der Waals surface area contributed by atoms with Crippen molar-refractivity contribution in [2.45, 2.75) is 32.6 Å². The van der Waals surface area contributed by atoms with Crippen LogP contribution in [0.25, 0.3) is 0 Å². The zero-order chi connectivity index (χ0) is 12.7. The number of carbonyl (C=O) groups excluding carboxylic acids is 1. The lowest BCUT2D eigenvalue weighted by molar-refractivity contribution is -0.115. The smallest absolute Gasteiger partial charge is 0.166 e. The molecule has 3 heteroatoms. The lowest BCUT2D eigenvalue weighted by atomic mass is 10.1. The van der Waals surface area contributed by atoms with Gasteiger partial charge >= 0.3 is 0 Å². The van der Waals surface area contributed by atoms with Gasteiger partial charge in [-0.2, -0.15) is 0 Å². The maximum Gasteiger partial charge on any atom is 0.166 e. The van der Waals surface area contributed by atoms with Crippen LogP contribution in [0.15, 0.2) is 30.0 Å². The summed E-state index contributed by atoms with van der Waals surface area (Å²) in [7, 11) is 0. The van der Waals surface area contributed by atoms with Crippen LogP contribution in [0.2, 0.25) is 0 Å². The Labute approximate surface area is 103 Å². The van der Waals surface area contributed by atoms with Gasteiger partial charge in [0.15, 0.2) is 5.78 Å². The molecule has 0 fully saturated rings. The van der Waals surface area contributed by atoms with E-state index >= 15 is 0 Å². The van der Waals surface area contributed by atoms with E-state index in [0.29, 0.717) is 17.8 Å². The Hall–Kier alpha value is -1.60. The van der Waals surface area contributed by atoms with Gasteiger partial charge < -0.3 is 4.90 Å². The van der Waals surface area contributed by atoms with Crippen molar-refractivity contribution in [2.24, 2.45) is 0 Å². The van der Waals surface area contributed by atoms with Gasteiger partial charge in [0, 0.05) is 25.1 Å². The molecule has 1 rings (SSSR count). The highest BCUT2D eigenvalue weighted by molar-refractivity contribution is 5.94. The highest BCUT2D eigenvalue weighted by atomic mass is 16.1. The average Bonchev–Trinajstić information content (AvgIpc) is 2.73. The van der Waals surface area contributed by atoms with Crippen molar-refractivity contribution in [3.63, 3.8) is 0 Å². The number of unbranched alkanes of at least 4 members (excludes halogenated alkanes) is 2. The van der Waals surface area contributed by atoms with Gasteiger partial charge in [-0.1, -0.05) is 19.1 Å². The summed E-state index contributed by atoms with van der Waals surface area (Å²) in [6.07, 6.45) is 7.40. The van der Waals surface area contributed by atoms with Crippen LogP contribution in [-0.2, 0) is 4.79 Å². The predicted molar refractivity (Wildman–Crippen MR) is 70.2 cm³/mol. The molecular formula is C14H20N2O. The van der Waals surface area contributed by atoms with Crippen molar-refractivity contribution < 1.29 is 4.79 Å². The molecule has 0 aromatic rings. The molecule has 1 N–H and O–H groups in total. The molecule has 0 aromatic carbocycles. The van der Waals surface area contributed by atoms with E-state index < -0.39 is 0 Å². The van der Waals surface area contributed by atoms with Crippen LogP contribution in [0.1, 0.15) is 32.6 Å². The number of carbonyl (C=O) groups is 1. The fraction of sp³-hybridized carbons (Fsp3) is 0.500. The fourth-order valence-corrected chi connectivity index (χ4v) is 1.76. The van der Waals surface area contributed by atoms with Crippen LogP contribution < -0.4 is 0 Å². The number of hydrogen-bond donors (Lipinski definition) is 1. The Morgan fingerprint density at radius 2 is 2.29 bits per heavy atom. The van der Waals surface area contributed by atoms with Crippen LogP contribution in [0, 0.1) is 5.41 Å². The molecule has 0 saturated heterocycles. The summed E-state index contributed by atoms with van der Waals surface area (Å²) in [5, 5.41) is 7.60. The molecule has 1 aliphatic rings. The molecule has 0 atom stereocenters. The number of amidine groups is 1. The zero-order valence-electron chi connectivity index (χ0n) is 10.5. The first kappa shape index (κ1) is 13.5. The van der Waals surface area contributed by atoms with Gasteiger partial charge in [0.25, 0.3) is 0 Å². The minimum absolute atomic E-state index is 0.149. The molecule has 0 radical (unpaired) electrons. The van der Waals surface area contributed by atoms with Crippen molar-refractivity contribution in [3.05, 3.63) is 30.0 Å². The Bertz CT molecular complexity index is 376. The van der Waals surface area contributed by atoms with Crippen molar-refractivity contribution in [1.29, 1.82) is 5.41 Å². The topological polar surface area (TPSA) is 44.2 Å². The number of rotatable bonds is 7. The first-order chi connectivity index (χ1) is 8.15. The van der Waals surface area contributed by atoms with E-state index in [1.807, 2.05) is 17.1 Å². The highest BCUT2D eigenvalue weighted by Crippen LogP contribution is 2.08. The lowest BCUT2D eigenvalue weighted by Crippen LogP contribution is -2.25. The molecule has 0 spiro atoms. The lowest BCUT2D eigenvalue weighted by Gasteiger charge is -2.17. The number of hydrogen-bond acceptors (Lipinski definition) is 2. The van der Waals surface area contributed by atoms with Gasteiger partial charge in [-0.25, -0.2) is 0 Å². The van der Waals surface area contributed by atoms with Crippen molar-refractivity contribution in [1.82, 2.24) is 4.90 Å². The molecule has 92 valence electrons. The first-order valence-electron chi connectivity index (χ1n) is 6.05. The molecule has 0 saturated carbocycles. The SMILES string of the molecule is C=C=C(C)C(=O)CCCCCN1CC=CC1=N. The fourth-order valence-electron chi connectivity index (χ4n) is 1.76. The normalized spacial score (nSPS) is 13.9. The second kappa shape index (κ2) is 6.87. The molecule has 1 heterocycles. The third-order valence-electron chi connectivity index (χ3n) is 2.96. The van der Waals surface area contributed by atoms with E-state index in [2.05, 4.69) is 12.3 Å². The number of ketones is 1. The van der Waals surface area contributed by atoms with Crippen LogP contribution in [0.5, 0.6) is 0 Å². The number of Topliss-reactive ketones (excluding diaryl/α,β-unsaturated/α-hetero) is 1. The molecule has 0 amide bonds. The molecule has 0 aromatic heterocycles. The number of nitrogens with one attached hydrogen (secondary N) is 1. The largest absolute Gasteiger partial charge is 0.353 e. The summed E-state index contributed by atoms with van der Waals surface area (Å²) >= 11 is 0. The zero-order valence-corrected chi connectivity index (χ0v) is 10.5. The molecule has 3 nitrogen and oxygen atoms in total. The molecular weight excluding hydrogens is 212 g/mol. The van der Waals surface area contributed by atoms with E-state index in [0.717, 1.165) is 32.4 Å². The van der Waals surface area contributed by atoms with Crippen molar-refractivity contribution in [3.8, 4) is 0 Å². The maximum absolute atomic E-state index is 11.5. The van der Waals surface area contributed by atoms with Crippen LogP contribution in [0.3, 0.4) is 0 Å². The Balaban J connectivity index is 2.07. The van der Waals surface area contributed by atoms with E-state index in [1.54, 1.807) is 6.92 Å². The van der Waals surface area contributed by atoms with Gasteiger partial charge in [-0.05, 0) is 25.8 Å². The molecule has 1 aliphatic heterocycles. The monoisotopic (exact) mass is 232 g/mol. The van der Waals surface area contributed by atoms with E-state index in [4.69, 9.17) is 5.41 Å². The van der Waals surface area contributed by atoms with Crippen LogP contribution >= 0.6 is 0 Å². The van der Waals surface area contributed by atoms with Gasteiger partial charge in [0.2, 0.25) is 0 Å². The van der Waals surface area contributed by atoms with Gasteiger partial charge in [-0.3, -0.25) is 10.2 Å². The van der Waals surface area contributed by atoms with Crippen LogP contribution in [0.4, 0.5) is 0 Å². The van der Waals surface area contributed by atoms with Gasteiger partial charge in [0.05, 0.1) is 0 Å². The summed E-state index contributed by atoms with van der Waals surface area (Å²) in [4.78, 5) is 13.5. The second-order valence-corrected chi connectivity index (χ2v) is 4.27. The molecule has 0 bridgehead atoms. The maximum atomic E-state index is 11.5. The van der Waals surface area contributed by atoms with E-state index in [-0.39, 0.29) is 5.78 Å². The summed E-state index contributed by atoms with van der Waals surface area (Å²) in [5.41, 5.74) is 3.26. The Kier molecular flexibility index (Phi) is 5.44. The third-order valence-corrected chi connectivity index (χ3v) is 2.96. The average molecular weight is 232 g/mol. The van der Waals surface area contributed by atoms with E-state index in [1.165, 1.54) is 0 Å². The predicted octanol–water partition coefficient (Wildman–Crippen LogP) is 2.70. The van der Waals surface area contributed by atoms with Gasteiger partial charge in [-0.15, -0.1) is 5.73 Å². The summed E-state index contributed by atoms with van der Waals surface area (Å²) in [5.74, 6) is 0.752. The first-order valence-corrected chi connectivity index (χ1v) is 6.05. The van der Waals surface area contributed by atoms with Crippen molar-refractivity contribution >= 4 is 11.6 Å². The highest BCUT2D eigenvalue weighted by Gasteiger charge is 2.10. The Morgan fingerprint density at radius 1 is 1.53 bits per heavy atom. The number of allylic oxidation sites excluding steroid dienone is 1. The third kappa shape index (κ3) is 4.41. The quantitative estimate of drug-likeness (QED) is 0.416. The van der Waals surface area contributed by atoms with E-state index in [9.17, 15) is 4.79 Å². The standard InChI is InChI=1S/C14H20N2O/c1-3-12(2)13(17)8-5-4-6-10-16-11-7-9-14(16)15/h7,9,15H,1,4-6,8,10-11H2,2H3. The summed E-state index contributed by atoms with van der Waals surface area (Å²) in [6.45, 7) is 6.99. The minimum Gasteiger partial charge on any atom is -0.353 e.